The van der Waals surface area contributed by atoms with E-state index < -0.39 is 23.8 Å². The van der Waals surface area contributed by atoms with E-state index in [1.54, 1.807) is 0 Å². The van der Waals surface area contributed by atoms with Crippen molar-refractivity contribution >= 4 is 6.09 Å². The summed E-state index contributed by atoms with van der Waals surface area (Å²) in [5.74, 6) is 0. The predicted molar refractivity (Wildman–Crippen MR) is 140 cm³/mol. The van der Waals surface area contributed by atoms with Crippen LogP contribution in [0, 0.1) is 6.92 Å². The normalized spacial score (nSPS) is 14.1. The first-order valence-electron chi connectivity index (χ1n) is 12.1. The molecular weight excluding hydrogens is 438 g/mol. The van der Waals surface area contributed by atoms with Crippen molar-refractivity contribution in [1.29, 1.82) is 0 Å². The van der Waals surface area contributed by atoms with E-state index in [1.807, 2.05) is 101 Å². The minimum absolute atomic E-state index is 0.271. The van der Waals surface area contributed by atoms with E-state index in [-0.39, 0.29) is 6.04 Å². The van der Waals surface area contributed by atoms with E-state index in [1.165, 1.54) is 0 Å². The SMILES string of the molecule is Cc1ccc(-c2ccc(C[C@H](N)C[C@H](O)[C@H](Cc3ccccc3)NC(=O)OC(C)(C)C)cc2)nc1. The molecule has 1 amide bonds. The molecular formula is C29H37N3O3. The number of nitrogens with one attached hydrogen (secondary N) is 1. The minimum atomic E-state index is -0.825. The van der Waals surface area contributed by atoms with Gasteiger partial charge < -0.3 is 20.9 Å². The number of aliphatic hydroxyl groups excluding tert-OH is 1. The molecule has 0 aliphatic carbocycles. The number of hydrogen-bond donors (Lipinski definition) is 3. The average molecular weight is 476 g/mol. The highest BCUT2D eigenvalue weighted by atomic mass is 16.6. The first-order chi connectivity index (χ1) is 16.6. The van der Waals surface area contributed by atoms with Gasteiger partial charge in [0, 0.05) is 17.8 Å². The van der Waals surface area contributed by atoms with Crippen molar-refractivity contribution in [3.63, 3.8) is 0 Å². The fourth-order valence-electron chi connectivity index (χ4n) is 3.92. The molecule has 0 radical (unpaired) electrons. The van der Waals surface area contributed by atoms with Gasteiger partial charge in [0.15, 0.2) is 0 Å². The van der Waals surface area contributed by atoms with Crippen molar-refractivity contribution in [2.45, 2.75) is 70.7 Å². The fraction of sp³-hybridized carbons (Fsp3) is 0.379. The second-order valence-electron chi connectivity index (χ2n) is 10.1. The summed E-state index contributed by atoms with van der Waals surface area (Å²) in [7, 11) is 0. The highest BCUT2D eigenvalue weighted by Crippen LogP contribution is 2.19. The lowest BCUT2D eigenvalue weighted by Crippen LogP contribution is -2.48. The number of amides is 1. The predicted octanol–water partition coefficient (Wildman–Crippen LogP) is 4.81. The third-order valence-electron chi connectivity index (χ3n) is 5.67. The number of carbonyl (C=O) groups is 1. The van der Waals surface area contributed by atoms with Gasteiger partial charge in [-0.2, -0.15) is 0 Å². The monoisotopic (exact) mass is 475 g/mol. The summed E-state index contributed by atoms with van der Waals surface area (Å²) < 4.78 is 5.41. The van der Waals surface area contributed by atoms with Crippen LogP contribution < -0.4 is 11.1 Å². The lowest BCUT2D eigenvalue weighted by molar-refractivity contribution is 0.0405. The highest BCUT2D eigenvalue weighted by Gasteiger charge is 2.26. The molecule has 0 saturated heterocycles. The second kappa shape index (κ2) is 12.0. The average Bonchev–Trinajstić information content (AvgIpc) is 2.79. The van der Waals surface area contributed by atoms with Gasteiger partial charge in [0.05, 0.1) is 17.8 Å². The molecule has 35 heavy (non-hydrogen) atoms. The number of alkyl carbamates (subject to hydrolysis) is 1. The Kier molecular flexibility index (Phi) is 9.01. The Bertz CT molecular complexity index is 1060. The highest BCUT2D eigenvalue weighted by molar-refractivity contribution is 5.68. The number of rotatable bonds is 9. The third kappa shape index (κ3) is 8.81. The molecule has 0 saturated carbocycles. The van der Waals surface area contributed by atoms with Crippen molar-refractivity contribution in [3.8, 4) is 11.3 Å². The van der Waals surface area contributed by atoms with Gasteiger partial charge in [-0.3, -0.25) is 4.98 Å². The summed E-state index contributed by atoms with van der Waals surface area (Å²) in [6.07, 6.45) is 1.92. The van der Waals surface area contributed by atoms with E-state index in [9.17, 15) is 9.90 Å². The summed E-state index contributed by atoms with van der Waals surface area (Å²) in [6, 6.07) is 21.2. The first kappa shape index (κ1) is 26.4. The number of aliphatic hydroxyl groups is 1. The van der Waals surface area contributed by atoms with Gasteiger partial charge in [-0.1, -0.05) is 60.7 Å². The third-order valence-corrected chi connectivity index (χ3v) is 5.67. The lowest BCUT2D eigenvalue weighted by Gasteiger charge is -2.28. The molecule has 0 fully saturated rings. The Labute approximate surface area is 208 Å². The topological polar surface area (TPSA) is 97.5 Å². The molecule has 0 aliphatic rings. The summed E-state index contributed by atoms with van der Waals surface area (Å²) in [5, 5.41) is 13.9. The standard InChI is InChI=1S/C29H37N3O3/c1-20-10-15-25(31-19-20)23-13-11-22(12-14-23)16-24(30)18-27(33)26(17-21-8-6-5-7-9-21)32-28(34)35-29(2,3)4/h5-15,19,24,26-27,33H,16-18,30H2,1-4H3,(H,32,34)/t24-,26-,27-/m0/s1. The summed E-state index contributed by atoms with van der Waals surface area (Å²) >= 11 is 0. The van der Waals surface area contributed by atoms with Gasteiger partial charge in [0.2, 0.25) is 0 Å². The largest absolute Gasteiger partial charge is 0.444 e. The Hall–Kier alpha value is -3.22. The zero-order valence-corrected chi connectivity index (χ0v) is 21.1. The van der Waals surface area contributed by atoms with Crippen LogP contribution in [0.4, 0.5) is 4.79 Å². The molecule has 0 aliphatic heterocycles. The molecule has 3 atom stereocenters. The number of nitrogens with two attached hydrogens (primary N) is 1. The van der Waals surface area contributed by atoms with Crippen LogP contribution >= 0.6 is 0 Å². The molecule has 186 valence electrons. The molecule has 3 aromatic rings. The van der Waals surface area contributed by atoms with Crippen molar-refractivity contribution in [2.24, 2.45) is 5.73 Å². The van der Waals surface area contributed by atoms with Crippen LogP contribution in [0.2, 0.25) is 0 Å². The van der Waals surface area contributed by atoms with E-state index in [2.05, 4.69) is 10.3 Å². The maximum absolute atomic E-state index is 12.4. The first-order valence-corrected chi connectivity index (χ1v) is 12.1. The summed E-state index contributed by atoms with van der Waals surface area (Å²) in [4.78, 5) is 16.9. The number of ether oxygens (including phenoxy) is 1. The van der Waals surface area contributed by atoms with Gasteiger partial charge in [-0.05, 0) is 69.7 Å². The summed E-state index contributed by atoms with van der Waals surface area (Å²) in [5.41, 5.74) is 11.0. The van der Waals surface area contributed by atoms with Crippen LogP contribution in [-0.4, -0.2) is 40.0 Å². The Balaban J connectivity index is 1.62. The van der Waals surface area contributed by atoms with E-state index in [4.69, 9.17) is 10.5 Å². The number of nitrogens with zero attached hydrogens (tertiary/aromatic N) is 1. The van der Waals surface area contributed by atoms with E-state index >= 15 is 0 Å². The number of pyridine rings is 1. The van der Waals surface area contributed by atoms with Crippen molar-refractivity contribution in [2.75, 3.05) is 0 Å². The number of aryl methyl sites for hydroxylation is 1. The van der Waals surface area contributed by atoms with Gasteiger partial charge in [-0.25, -0.2) is 4.79 Å². The zero-order chi connectivity index (χ0) is 25.4. The van der Waals surface area contributed by atoms with Gasteiger partial charge in [0.1, 0.15) is 5.60 Å². The molecule has 0 bridgehead atoms. The van der Waals surface area contributed by atoms with E-state index in [0.717, 1.165) is 27.9 Å². The molecule has 2 aromatic carbocycles. The minimum Gasteiger partial charge on any atom is -0.444 e. The second-order valence-corrected chi connectivity index (χ2v) is 10.1. The quantitative estimate of drug-likeness (QED) is 0.412. The van der Waals surface area contributed by atoms with Crippen molar-refractivity contribution in [3.05, 3.63) is 89.6 Å². The van der Waals surface area contributed by atoms with Crippen LogP contribution in [0.15, 0.2) is 72.9 Å². The van der Waals surface area contributed by atoms with Gasteiger partial charge >= 0.3 is 6.09 Å². The lowest BCUT2D eigenvalue weighted by atomic mass is 9.94. The van der Waals surface area contributed by atoms with Crippen LogP contribution in [0.5, 0.6) is 0 Å². The number of benzene rings is 2. The Morgan fingerprint density at radius 2 is 1.66 bits per heavy atom. The molecule has 4 N–H and O–H groups in total. The van der Waals surface area contributed by atoms with Gasteiger partial charge in [-0.15, -0.1) is 0 Å². The zero-order valence-electron chi connectivity index (χ0n) is 21.1. The fourth-order valence-corrected chi connectivity index (χ4v) is 3.92. The van der Waals surface area contributed by atoms with Crippen molar-refractivity contribution < 1.29 is 14.6 Å². The Morgan fingerprint density at radius 3 is 2.26 bits per heavy atom. The van der Waals surface area contributed by atoms with Crippen molar-refractivity contribution in [1.82, 2.24) is 10.3 Å². The number of carbonyl (C=O) groups excluding carboxylic acids is 1. The Morgan fingerprint density at radius 1 is 1.00 bits per heavy atom. The van der Waals surface area contributed by atoms with Crippen LogP contribution in [0.3, 0.4) is 0 Å². The molecule has 1 heterocycles. The van der Waals surface area contributed by atoms with E-state index in [0.29, 0.717) is 19.3 Å². The van der Waals surface area contributed by atoms with Crippen LogP contribution in [0.1, 0.15) is 43.9 Å². The number of aromatic nitrogens is 1. The number of hydrogen-bond acceptors (Lipinski definition) is 5. The molecule has 0 spiro atoms. The van der Waals surface area contributed by atoms with Gasteiger partial charge in [0.25, 0.3) is 0 Å². The molecule has 6 heteroatoms. The maximum atomic E-state index is 12.4. The smallest absolute Gasteiger partial charge is 0.407 e. The molecule has 3 rings (SSSR count). The summed E-state index contributed by atoms with van der Waals surface area (Å²) in [6.45, 7) is 7.45. The maximum Gasteiger partial charge on any atom is 0.407 e. The molecule has 1 aromatic heterocycles. The molecule has 0 unspecified atom stereocenters. The molecule has 6 nitrogen and oxygen atoms in total. The van der Waals surface area contributed by atoms with Crippen LogP contribution in [-0.2, 0) is 17.6 Å². The van der Waals surface area contributed by atoms with Crippen LogP contribution in [0.25, 0.3) is 11.3 Å².